The highest BCUT2D eigenvalue weighted by Crippen LogP contribution is 2.41. The van der Waals surface area contributed by atoms with Gasteiger partial charge >= 0.3 is 11.7 Å². The summed E-state index contributed by atoms with van der Waals surface area (Å²) in [5, 5.41) is 9.82. The Morgan fingerprint density at radius 2 is 1.84 bits per heavy atom. The van der Waals surface area contributed by atoms with E-state index < -0.39 is 34.7 Å². The van der Waals surface area contributed by atoms with Crippen LogP contribution in [0.5, 0.6) is 0 Å². The SMILES string of the molecule is CC(C)(C)OC(=O)[C@@H]1CCCN1c1cc2c(cc1F)n1c(=O)n(O)c(=O)cc1n2C1CC1. The van der Waals surface area contributed by atoms with Gasteiger partial charge < -0.3 is 19.4 Å². The summed E-state index contributed by atoms with van der Waals surface area (Å²) >= 11 is 0. The van der Waals surface area contributed by atoms with Crippen LogP contribution in [-0.2, 0) is 9.53 Å². The lowest BCUT2D eigenvalue weighted by molar-refractivity contribution is -0.156. The van der Waals surface area contributed by atoms with Crippen molar-refractivity contribution >= 4 is 28.3 Å². The molecule has 1 N–H and O–H groups in total. The van der Waals surface area contributed by atoms with Gasteiger partial charge in [0, 0.05) is 24.7 Å². The van der Waals surface area contributed by atoms with Gasteiger partial charge in [-0.15, -0.1) is 0 Å². The van der Waals surface area contributed by atoms with Crippen LogP contribution >= 0.6 is 0 Å². The minimum absolute atomic E-state index is 0.0223. The number of nitrogens with zero attached hydrogens (tertiary/aromatic N) is 4. The molecular weight excluding hydrogens is 419 g/mol. The Balaban J connectivity index is 1.70. The third-order valence-corrected chi connectivity index (χ3v) is 6.01. The monoisotopic (exact) mass is 444 g/mol. The molecule has 0 unspecified atom stereocenters. The molecule has 2 aromatic heterocycles. The van der Waals surface area contributed by atoms with Crippen LogP contribution in [0.1, 0.15) is 52.5 Å². The lowest BCUT2D eigenvalue weighted by Crippen LogP contribution is -2.41. The number of hydrogen-bond donors (Lipinski definition) is 1. The van der Waals surface area contributed by atoms with Crippen molar-refractivity contribution in [3.05, 3.63) is 44.9 Å². The highest BCUT2D eigenvalue weighted by molar-refractivity contribution is 5.88. The summed E-state index contributed by atoms with van der Waals surface area (Å²) in [5.41, 5.74) is -1.05. The molecule has 170 valence electrons. The Hall–Kier alpha value is -3.30. The third kappa shape index (κ3) is 3.16. The number of hydrogen-bond acceptors (Lipinski definition) is 6. The van der Waals surface area contributed by atoms with Crippen molar-refractivity contribution in [2.45, 2.75) is 64.1 Å². The molecule has 0 bridgehead atoms. The van der Waals surface area contributed by atoms with E-state index in [0.29, 0.717) is 24.1 Å². The number of ether oxygens (including phenoxy) is 1. The minimum atomic E-state index is -0.947. The second-order valence-corrected chi connectivity index (χ2v) is 9.55. The highest BCUT2D eigenvalue weighted by Gasteiger charge is 2.36. The minimum Gasteiger partial charge on any atom is -0.458 e. The maximum absolute atomic E-state index is 15.4. The van der Waals surface area contributed by atoms with Crippen molar-refractivity contribution in [2.75, 3.05) is 11.4 Å². The summed E-state index contributed by atoms with van der Waals surface area (Å²) in [6, 6.07) is 3.51. The zero-order chi connectivity index (χ0) is 22.9. The van der Waals surface area contributed by atoms with Crippen LogP contribution in [0, 0.1) is 5.82 Å². The van der Waals surface area contributed by atoms with Crippen molar-refractivity contribution in [1.29, 1.82) is 0 Å². The van der Waals surface area contributed by atoms with Crippen molar-refractivity contribution in [1.82, 2.24) is 13.7 Å². The molecule has 1 aliphatic heterocycles. The molecule has 1 saturated heterocycles. The number of rotatable bonds is 3. The standard InChI is InChI=1S/C22H25FN4O5/c1-22(2,3)32-20(29)14-5-4-8-24(14)15-10-17-16(9-13(15)23)26-18(25(17)12-6-7-12)11-19(28)27(31)21(26)30/h9-12,14,31H,4-8H2,1-3H3/t14-/m0/s1. The molecule has 0 radical (unpaired) electrons. The van der Waals surface area contributed by atoms with Crippen LogP contribution in [-0.4, -0.2) is 43.1 Å². The predicted octanol–water partition coefficient (Wildman–Crippen LogP) is 2.44. The van der Waals surface area contributed by atoms with Gasteiger partial charge in [0.25, 0.3) is 5.56 Å². The van der Waals surface area contributed by atoms with Gasteiger partial charge in [0.2, 0.25) is 0 Å². The number of aromatic nitrogens is 3. The van der Waals surface area contributed by atoms with Crippen LogP contribution in [0.4, 0.5) is 10.1 Å². The molecule has 32 heavy (non-hydrogen) atoms. The molecule has 3 aromatic rings. The number of imidazole rings is 1. The van der Waals surface area contributed by atoms with Crippen LogP contribution in [0.15, 0.2) is 27.8 Å². The van der Waals surface area contributed by atoms with E-state index in [4.69, 9.17) is 4.74 Å². The number of anilines is 1. The summed E-state index contributed by atoms with van der Waals surface area (Å²) in [6.07, 6.45) is 3.01. The number of carbonyl (C=O) groups is 1. The third-order valence-electron chi connectivity index (χ3n) is 6.01. The van der Waals surface area contributed by atoms with E-state index in [1.54, 1.807) is 31.7 Å². The molecule has 5 rings (SSSR count). The van der Waals surface area contributed by atoms with Crippen LogP contribution in [0.25, 0.3) is 16.7 Å². The summed E-state index contributed by atoms with van der Waals surface area (Å²) in [7, 11) is 0. The molecule has 0 spiro atoms. The molecule has 2 fully saturated rings. The van der Waals surface area contributed by atoms with Gasteiger partial charge in [-0.2, -0.15) is 0 Å². The summed E-state index contributed by atoms with van der Waals surface area (Å²) in [4.78, 5) is 39.1. The van der Waals surface area contributed by atoms with Gasteiger partial charge in [-0.05, 0) is 52.5 Å². The largest absolute Gasteiger partial charge is 0.458 e. The summed E-state index contributed by atoms with van der Waals surface area (Å²) in [6.45, 7) is 5.87. The number of fused-ring (bicyclic) bond motifs is 3. The van der Waals surface area contributed by atoms with Crippen molar-refractivity contribution in [2.24, 2.45) is 0 Å². The quantitative estimate of drug-likeness (QED) is 0.492. The zero-order valence-corrected chi connectivity index (χ0v) is 18.2. The Morgan fingerprint density at radius 1 is 1.12 bits per heavy atom. The highest BCUT2D eigenvalue weighted by atomic mass is 19.1. The van der Waals surface area contributed by atoms with Gasteiger partial charge in [0.05, 0.1) is 16.7 Å². The number of benzene rings is 1. The lowest BCUT2D eigenvalue weighted by Gasteiger charge is -2.29. The molecule has 1 atom stereocenters. The lowest BCUT2D eigenvalue weighted by atomic mass is 10.1. The fourth-order valence-corrected chi connectivity index (χ4v) is 4.57. The first-order valence-electron chi connectivity index (χ1n) is 10.8. The molecule has 2 aliphatic rings. The average molecular weight is 444 g/mol. The number of carbonyl (C=O) groups excluding carboxylic acids is 1. The van der Waals surface area contributed by atoms with Crippen LogP contribution < -0.4 is 16.1 Å². The normalized spacial score (nSPS) is 19.2. The molecule has 1 aromatic carbocycles. The molecule has 0 amide bonds. The van der Waals surface area contributed by atoms with Gasteiger partial charge in [-0.3, -0.25) is 4.79 Å². The van der Waals surface area contributed by atoms with Crippen LogP contribution in [0.3, 0.4) is 0 Å². The average Bonchev–Trinajstić information content (AvgIpc) is 3.32. The van der Waals surface area contributed by atoms with E-state index in [0.717, 1.165) is 23.7 Å². The molecule has 9 nitrogen and oxygen atoms in total. The Bertz CT molecular complexity index is 1380. The Morgan fingerprint density at radius 3 is 2.50 bits per heavy atom. The molecule has 10 heteroatoms. The van der Waals surface area contributed by atoms with Gasteiger partial charge in [0.1, 0.15) is 23.1 Å². The van der Waals surface area contributed by atoms with E-state index in [1.807, 2.05) is 4.57 Å². The Labute approximate surface area is 182 Å². The second-order valence-electron chi connectivity index (χ2n) is 9.55. The molecular formula is C22H25FN4O5. The van der Waals surface area contributed by atoms with E-state index in [2.05, 4.69) is 0 Å². The van der Waals surface area contributed by atoms with E-state index >= 15 is 4.39 Å². The molecule has 3 heterocycles. The summed E-state index contributed by atoms with van der Waals surface area (Å²) in [5.74, 6) is -0.990. The predicted molar refractivity (Wildman–Crippen MR) is 115 cm³/mol. The van der Waals surface area contributed by atoms with Gasteiger partial charge in [-0.1, -0.05) is 4.73 Å². The van der Waals surface area contributed by atoms with Crippen molar-refractivity contribution in [3.63, 3.8) is 0 Å². The first-order chi connectivity index (χ1) is 15.1. The smallest absolute Gasteiger partial charge is 0.370 e. The van der Waals surface area contributed by atoms with Crippen molar-refractivity contribution < 1.29 is 19.1 Å². The van der Waals surface area contributed by atoms with E-state index in [-0.39, 0.29) is 22.0 Å². The number of halogens is 1. The Kier molecular flexibility index (Phi) is 4.41. The maximum Gasteiger partial charge on any atom is 0.370 e. The molecule has 1 saturated carbocycles. The van der Waals surface area contributed by atoms with Gasteiger partial charge in [0.15, 0.2) is 0 Å². The van der Waals surface area contributed by atoms with Crippen LogP contribution in [0.2, 0.25) is 0 Å². The molecule has 1 aliphatic carbocycles. The van der Waals surface area contributed by atoms with Gasteiger partial charge in [-0.25, -0.2) is 18.4 Å². The fourth-order valence-electron chi connectivity index (χ4n) is 4.57. The zero-order valence-electron chi connectivity index (χ0n) is 18.2. The van der Waals surface area contributed by atoms with E-state index in [1.165, 1.54) is 12.1 Å². The number of esters is 1. The first-order valence-corrected chi connectivity index (χ1v) is 10.8. The second kappa shape index (κ2) is 6.85. The van der Waals surface area contributed by atoms with Crippen molar-refractivity contribution in [3.8, 4) is 0 Å². The van der Waals surface area contributed by atoms with E-state index in [9.17, 15) is 19.6 Å². The topological polar surface area (TPSA) is 98.2 Å². The maximum atomic E-state index is 15.4. The fraction of sp³-hybridized carbons (Fsp3) is 0.500. The summed E-state index contributed by atoms with van der Waals surface area (Å²) < 4.78 is 23.9. The first kappa shape index (κ1) is 20.6.